The molecule has 0 bridgehead atoms. The van der Waals surface area contributed by atoms with Crippen molar-refractivity contribution in [2.24, 2.45) is 0 Å². The van der Waals surface area contributed by atoms with Crippen LogP contribution < -0.4 is 4.74 Å². The number of hydrogen-bond acceptors (Lipinski definition) is 2. The van der Waals surface area contributed by atoms with Crippen LogP contribution in [0.3, 0.4) is 0 Å². The molecule has 1 unspecified atom stereocenters. The Kier molecular flexibility index (Phi) is 3.41. The zero-order valence-electron chi connectivity index (χ0n) is 11.6. The lowest BCUT2D eigenvalue weighted by Gasteiger charge is -2.24. The van der Waals surface area contributed by atoms with Crippen LogP contribution in [0, 0.1) is 11.6 Å². The Morgan fingerprint density at radius 2 is 1.86 bits per heavy atom. The van der Waals surface area contributed by atoms with E-state index in [4.69, 9.17) is 9.84 Å². The van der Waals surface area contributed by atoms with Crippen molar-refractivity contribution in [3.05, 3.63) is 70.8 Å². The molecule has 1 heterocycles. The molecule has 5 heteroatoms. The van der Waals surface area contributed by atoms with Crippen molar-refractivity contribution in [3.63, 3.8) is 0 Å². The maximum atomic E-state index is 14.1. The molecule has 1 atom stereocenters. The van der Waals surface area contributed by atoms with Gasteiger partial charge in [-0.1, -0.05) is 6.07 Å². The Labute approximate surface area is 125 Å². The van der Waals surface area contributed by atoms with Crippen LogP contribution in [0.25, 0.3) is 5.57 Å². The molecule has 0 fully saturated rings. The summed E-state index contributed by atoms with van der Waals surface area (Å²) in [4.78, 5) is 11.1. The summed E-state index contributed by atoms with van der Waals surface area (Å²) in [5.74, 6) is -2.12. The lowest BCUT2D eigenvalue weighted by molar-refractivity contribution is 0.0697. The van der Waals surface area contributed by atoms with Crippen molar-refractivity contribution in [1.82, 2.24) is 0 Å². The van der Waals surface area contributed by atoms with Gasteiger partial charge >= 0.3 is 5.97 Å². The molecule has 0 aromatic heterocycles. The van der Waals surface area contributed by atoms with Crippen molar-refractivity contribution < 1.29 is 23.4 Å². The maximum absolute atomic E-state index is 14.1. The Morgan fingerprint density at radius 1 is 1.18 bits per heavy atom. The Morgan fingerprint density at radius 3 is 2.50 bits per heavy atom. The first-order valence-corrected chi connectivity index (χ1v) is 6.68. The Balaban J connectivity index is 2.25. The maximum Gasteiger partial charge on any atom is 0.335 e. The van der Waals surface area contributed by atoms with Crippen LogP contribution in [0.15, 0.2) is 42.5 Å². The van der Waals surface area contributed by atoms with Crippen molar-refractivity contribution in [1.29, 1.82) is 0 Å². The van der Waals surface area contributed by atoms with Gasteiger partial charge in [0, 0.05) is 5.56 Å². The molecule has 22 heavy (non-hydrogen) atoms. The van der Waals surface area contributed by atoms with Gasteiger partial charge in [0.25, 0.3) is 0 Å². The van der Waals surface area contributed by atoms with Crippen LogP contribution in [0.5, 0.6) is 5.75 Å². The second kappa shape index (κ2) is 5.26. The van der Waals surface area contributed by atoms with E-state index in [2.05, 4.69) is 0 Å². The number of hydrogen-bond donors (Lipinski definition) is 1. The fourth-order valence-corrected chi connectivity index (χ4v) is 2.51. The summed E-state index contributed by atoms with van der Waals surface area (Å²) in [6.07, 6.45) is 1.20. The van der Waals surface area contributed by atoms with E-state index in [9.17, 15) is 13.6 Å². The van der Waals surface area contributed by atoms with E-state index in [1.54, 1.807) is 13.0 Å². The van der Waals surface area contributed by atoms with Crippen LogP contribution >= 0.6 is 0 Å². The minimum absolute atomic E-state index is 0.0274. The minimum Gasteiger partial charge on any atom is -0.486 e. The van der Waals surface area contributed by atoms with E-state index in [0.717, 1.165) is 0 Å². The summed E-state index contributed by atoms with van der Waals surface area (Å²) in [6.45, 7) is 1.74. The highest BCUT2D eigenvalue weighted by Crippen LogP contribution is 2.38. The molecule has 3 nitrogen and oxygen atoms in total. The SMILES string of the molecule is CC1C=C(c2c(F)cccc2F)c2cc(C(=O)O)ccc2O1. The minimum atomic E-state index is -1.12. The van der Waals surface area contributed by atoms with E-state index in [-0.39, 0.29) is 17.2 Å². The van der Waals surface area contributed by atoms with Crippen LogP contribution in [0.1, 0.15) is 28.4 Å². The fraction of sp³-hybridized carbons (Fsp3) is 0.118. The van der Waals surface area contributed by atoms with E-state index >= 15 is 0 Å². The highest BCUT2D eigenvalue weighted by Gasteiger charge is 2.24. The highest BCUT2D eigenvalue weighted by molar-refractivity contribution is 5.92. The van der Waals surface area contributed by atoms with Crippen molar-refractivity contribution in [2.45, 2.75) is 13.0 Å². The summed E-state index contributed by atoms with van der Waals surface area (Å²) in [6, 6.07) is 7.88. The molecule has 112 valence electrons. The largest absolute Gasteiger partial charge is 0.486 e. The smallest absolute Gasteiger partial charge is 0.335 e. The zero-order valence-corrected chi connectivity index (χ0v) is 11.6. The first-order valence-electron chi connectivity index (χ1n) is 6.68. The monoisotopic (exact) mass is 302 g/mol. The van der Waals surface area contributed by atoms with Gasteiger partial charge in [-0.25, -0.2) is 13.6 Å². The molecule has 0 saturated heterocycles. The van der Waals surface area contributed by atoms with Gasteiger partial charge < -0.3 is 9.84 Å². The number of carbonyl (C=O) groups is 1. The van der Waals surface area contributed by atoms with Crippen molar-refractivity contribution >= 4 is 11.5 Å². The van der Waals surface area contributed by atoms with Gasteiger partial charge in [0.15, 0.2) is 0 Å². The van der Waals surface area contributed by atoms with Crippen LogP contribution in [0.2, 0.25) is 0 Å². The molecule has 2 aromatic carbocycles. The van der Waals surface area contributed by atoms with E-state index in [1.165, 1.54) is 36.4 Å². The van der Waals surface area contributed by atoms with E-state index in [1.807, 2.05) is 0 Å². The third-order valence-electron chi connectivity index (χ3n) is 3.46. The molecule has 1 aliphatic rings. The van der Waals surface area contributed by atoms with Gasteiger partial charge in [-0.05, 0) is 48.9 Å². The second-order valence-corrected chi connectivity index (χ2v) is 5.02. The number of fused-ring (bicyclic) bond motifs is 1. The molecule has 0 saturated carbocycles. The first-order chi connectivity index (χ1) is 10.5. The molecule has 1 aliphatic heterocycles. The molecular weight excluding hydrogens is 290 g/mol. The lowest BCUT2D eigenvalue weighted by atomic mass is 9.92. The molecule has 3 rings (SSSR count). The predicted molar refractivity (Wildman–Crippen MR) is 76.9 cm³/mol. The Hall–Kier alpha value is -2.69. The molecule has 0 aliphatic carbocycles. The average molecular weight is 302 g/mol. The number of benzene rings is 2. The molecule has 0 radical (unpaired) electrons. The van der Waals surface area contributed by atoms with Gasteiger partial charge in [0.2, 0.25) is 0 Å². The fourth-order valence-electron chi connectivity index (χ4n) is 2.51. The van der Waals surface area contributed by atoms with Gasteiger partial charge in [-0.3, -0.25) is 0 Å². The first kappa shape index (κ1) is 14.3. The second-order valence-electron chi connectivity index (χ2n) is 5.02. The molecule has 0 amide bonds. The molecule has 1 N–H and O–H groups in total. The van der Waals surface area contributed by atoms with Gasteiger partial charge in [0.05, 0.1) is 11.1 Å². The highest BCUT2D eigenvalue weighted by atomic mass is 19.1. The number of halogens is 2. The average Bonchev–Trinajstić information content (AvgIpc) is 2.46. The van der Waals surface area contributed by atoms with Gasteiger partial charge in [-0.2, -0.15) is 0 Å². The van der Waals surface area contributed by atoms with E-state index < -0.39 is 17.6 Å². The van der Waals surface area contributed by atoms with Crippen LogP contribution in [-0.4, -0.2) is 17.2 Å². The third-order valence-corrected chi connectivity index (χ3v) is 3.46. The number of carboxylic acid groups (broad SMARTS) is 1. The molecular formula is C17H12F2O3. The van der Waals surface area contributed by atoms with Gasteiger partial charge in [0.1, 0.15) is 23.5 Å². The quantitative estimate of drug-likeness (QED) is 0.916. The summed E-state index contributed by atoms with van der Waals surface area (Å²) in [5, 5.41) is 9.10. The number of ether oxygens (including phenoxy) is 1. The summed E-state index contributed by atoms with van der Waals surface area (Å²) in [7, 11) is 0. The molecule has 0 spiro atoms. The van der Waals surface area contributed by atoms with Gasteiger partial charge in [-0.15, -0.1) is 0 Å². The number of carboxylic acids is 1. The predicted octanol–water partition coefficient (Wildman–Crippen LogP) is 3.88. The van der Waals surface area contributed by atoms with Crippen molar-refractivity contribution in [3.8, 4) is 5.75 Å². The Bertz CT molecular complexity index is 776. The van der Waals surface area contributed by atoms with Crippen LogP contribution in [0.4, 0.5) is 8.78 Å². The van der Waals surface area contributed by atoms with Crippen molar-refractivity contribution in [2.75, 3.05) is 0 Å². The summed E-state index contributed by atoms with van der Waals surface area (Å²) < 4.78 is 33.7. The standard InChI is InChI=1S/C17H12F2O3/c1-9-7-12(16-13(18)3-2-4-14(16)19)11-8-10(17(20)21)5-6-15(11)22-9/h2-9H,1H3,(H,20,21). The third kappa shape index (κ3) is 2.35. The van der Waals surface area contributed by atoms with Crippen LogP contribution in [-0.2, 0) is 0 Å². The number of aromatic carboxylic acids is 1. The summed E-state index contributed by atoms with van der Waals surface area (Å²) in [5.41, 5.74) is 0.510. The topological polar surface area (TPSA) is 46.5 Å². The number of rotatable bonds is 2. The molecule has 2 aromatic rings. The normalized spacial score (nSPS) is 16.5. The zero-order chi connectivity index (χ0) is 15.9. The summed E-state index contributed by atoms with van der Waals surface area (Å²) >= 11 is 0. The van der Waals surface area contributed by atoms with E-state index in [0.29, 0.717) is 16.9 Å². The lowest BCUT2D eigenvalue weighted by Crippen LogP contribution is -2.16.